The maximum Gasteiger partial charge on any atom is 0.410 e. The minimum absolute atomic E-state index is 0.101. The molecule has 3 aliphatic heterocycles. The Bertz CT molecular complexity index is 1160. The number of aliphatic carboxylic acids is 1. The lowest BCUT2D eigenvalue weighted by Crippen LogP contribution is -2.32. The number of nitrogens with zero attached hydrogens (tertiary/aromatic N) is 3. The van der Waals surface area contributed by atoms with Gasteiger partial charge in [-0.1, -0.05) is 43.2 Å². The smallest absolute Gasteiger partial charge is 0.410 e. The second-order valence-corrected chi connectivity index (χ2v) is 12.8. The molecule has 2 radical (unpaired) electrons. The van der Waals surface area contributed by atoms with E-state index >= 15 is 0 Å². The van der Waals surface area contributed by atoms with E-state index in [9.17, 15) is 24.0 Å². The summed E-state index contributed by atoms with van der Waals surface area (Å²) < 4.78 is 19.0. The maximum atomic E-state index is 11.6. The molecule has 3 fully saturated rings. The van der Waals surface area contributed by atoms with Gasteiger partial charge in [-0.15, -0.1) is 6.58 Å². The molecule has 3 aliphatic rings. The van der Waals surface area contributed by atoms with Gasteiger partial charge in [0.25, 0.3) is 0 Å². The number of hydrogen-bond acceptors (Lipinski definition) is 12. The molecule has 14 nitrogen and oxygen atoms in total. The van der Waals surface area contributed by atoms with Gasteiger partial charge in [-0.3, -0.25) is 14.5 Å². The molecule has 15 heteroatoms. The number of hydrogen-bond donors (Lipinski definition) is 2. The number of ether oxygens (including phenoxy) is 4. The average Bonchev–Trinajstić information content (AvgIpc) is 3.90. The van der Waals surface area contributed by atoms with Gasteiger partial charge in [-0.2, -0.15) is 0 Å². The van der Waals surface area contributed by atoms with Crippen molar-refractivity contribution in [2.75, 3.05) is 93.5 Å². The fraction of sp³-hybridized carbons (Fsp3) is 0.658. The molecule has 0 aromatic heterocycles. The van der Waals surface area contributed by atoms with Gasteiger partial charge in [0.15, 0.2) is 11.6 Å². The zero-order valence-electron chi connectivity index (χ0n) is 32.3. The Morgan fingerprint density at radius 2 is 1.40 bits per heavy atom. The molecule has 0 spiro atoms. The number of carbonyl (C=O) groups is 5. The van der Waals surface area contributed by atoms with Crippen LogP contribution in [-0.2, 0) is 44.7 Å². The molecule has 3 atom stereocenters. The van der Waals surface area contributed by atoms with Crippen LogP contribution in [0.15, 0.2) is 43.0 Å². The quantitative estimate of drug-likeness (QED) is 0.135. The number of carboxylic acids is 1. The van der Waals surface area contributed by atoms with Crippen LogP contribution in [-0.4, -0.2) is 157 Å². The normalized spacial score (nSPS) is 19.1. The van der Waals surface area contributed by atoms with Crippen LogP contribution in [0, 0.1) is 11.8 Å². The fourth-order valence-corrected chi connectivity index (χ4v) is 5.92. The molecule has 1 amide bonds. The Kier molecular flexibility index (Phi) is 29.9. The highest BCUT2D eigenvalue weighted by molar-refractivity contribution is 6.05. The van der Waals surface area contributed by atoms with E-state index in [0.29, 0.717) is 50.8 Å². The van der Waals surface area contributed by atoms with E-state index in [2.05, 4.69) is 29.0 Å². The van der Waals surface area contributed by atoms with E-state index in [4.69, 9.17) is 25.1 Å². The van der Waals surface area contributed by atoms with Crippen molar-refractivity contribution in [2.45, 2.75) is 58.0 Å². The first-order valence-corrected chi connectivity index (χ1v) is 18.0. The Hall–Kier alpha value is -3.47. The van der Waals surface area contributed by atoms with Crippen LogP contribution in [0.4, 0.5) is 4.79 Å². The van der Waals surface area contributed by atoms with Gasteiger partial charge in [0.1, 0.15) is 32.7 Å². The minimum atomic E-state index is -0.933. The lowest BCUT2D eigenvalue weighted by Gasteiger charge is -2.15. The summed E-state index contributed by atoms with van der Waals surface area (Å²) in [6.07, 6.45) is 7.53. The third kappa shape index (κ3) is 25.2. The summed E-state index contributed by atoms with van der Waals surface area (Å²) in [6.45, 7) is 13.0. The number of ketones is 2. The second-order valence-electron chi connectivity index (χ2n) is 12.8. The molecule has 3 unspecified atom stereocenters. The molecule has 298 valence electrons. The summed E-state index contributed by atoms with van der Waals surface area (Å²) in [5, 5.41) is 7.79. The van der Waals surface area contributed by atoms with Crippen LogP contribution < -0.4 is 5.73 Å². The van der Waals surface area contributed by atoms with Gasteiger partial charge < -0.3 is 44.4 Å². The Labute approximate surface area is 317 Å². The molecule has 1 aromatic rings. The predicted octanol–water partition coefficient (Wildman–Crippen LogP) is 2.88. The number of methoxy groups -OCH3 is 3. The maximum absolute atomic E-state index is 11.6. The van der Waals surface area contributed by atoms with E-state index in [1.54, 1.807) is 19.1 Å². The van der Waals surface area contributed by atoms with E-state index in [0.717, 1.165) is 70.4 Å². The first kappa shape index (κ1) is 49.5. The summed E-state index contributed by atoms with van der Waals surface area (Å²) in [5.74, 6) is 0.451. The third-order valence-electron chi connectivity index (χ3n) is 8.29. The Morgan fingerprint density at radius 1 is 0.849 bits per heavy atom. The van der Waals surface area contributed by atoms with Crippen LogP contribution >= 0.6 is 0 Å². The van der Waals surface area contributed by atoms with Crippen molar-refractivity contribution in [3.8, 4) is 0 Å². The summed E-state index contributed by atoms with van der Waals surface area (Å²) in [7, 11) is 8.95. The van der Waals surface area contributed by atoms with Crippen LogP contribution in [0.2, 0.25) is 6.82 Å². The lowest BCUT2D eigenvalue weighted by molar-refractivity contribution is -0.141. The summed E-state index contributed by atoms with van der Waals surface area (Å²) >= 11 is 0. The molecule has 3 N–H and O–H groups in total. The van der Waals surface area contributed by atoms with Crippen molar-refractivity contribution in [3.63, 3.8) is 0 Å². The van der Waals surface area contributed by atoms with E-state index in [-0.39, 0.29) is 43.5 Å². The number of aldehydes is 1. The van der Waals surface area contributed by atoms with Gasteiger partial charge in [0.2, 0.25) is 0 Å². The molecule has 0 bridgehead atoms. The van der Waals surface area contributed by atoms with Crippen molar-refractivity contribution < 1.29 is 48.0 Å². The van der Waals surface area contributed by atoms with Crippen molar-refractivity contribution in [1.29, 1.82) is 0 Å². The molecule has 3 heterocycles. The fourth-order valence-electron chi connectivity index (χ4n) is 5.92. The second kappa shape index (κ2) is 32.0. The molecule has 1 aromatic carbocycles. The lowest BCUT2D eigenvalue weighted by atomic mass is 10.0. The van der Waals surface area contributed by atoms with E-state index in [1.807, 2.05) is 36.4 Å². The predicted molar refractivity (Wildman–Crippen MR) is 205 cm³/mol. The van der Waals surface area contributed by atoms with Crippen LogP contribution in [0.25, 0.3) is 0 Å². The summed E-state index contributed by atoms with van der Waals surface area (Å²) in [6, 6.07) is 9.75. The largest absolute Gasteiger partial charge is 0.480 e. The van der Waals surface area contributed by atoms with Crippen molar-refractivity contribution >= 4 is 37.8 Å². The summed E-state index contributed by atoms with van der Waals surface area (Å²) in [4.78, 5) is 60.2. The number of amides is 1. The number of likely N-dealkylation sites (tertiary alicyclic amines) is 3. The van der Waals surface area contributed by atoms with Crippen molar-refractivity contribution in [1.82, 2.24) is 14.7 Å². The SMILES string of the molecule is C=CCN1CCC(CC(=O)COC)C1.COCC(=O)CC1CCN(CCC=O)C1.COCC(=O)O.NC1CCN(C(=O)OCc2ccccc2)C1.[B]C. The number of carboxylic acid groups (broad SMARTS) is 1. The van der Waals surface area contributed by atoms with Gasteiger partial charge in [-0.25, -0.2) is 9.59 Å². The van der Waals surface area contributed by atoms with E-state index < -0.39 is 5.97 Å². The highest BCUT2D eigenvalue weighted by Gasteiger charge is 2.25. The molecule has 4 rings (SSSR count). The molecular weight excluding hydrogens is 683 g/mol. The monoisotopic (exact) mass is 746 g/mol. The number of nitrogens with two attached hydrogens (primary N) is 1. The topological polar surface area (TPSA) is 178 Å². The van der Waals surface area contributed by atoms with Crippen LogP contribution in [0.3, 0.4) is 0 Å². The van der Waals surface area contributed by atoms with Gasteiger partial charge in [0, 0.05) is 85.9 Å². The summed E-state index contributed by atoms with van der Waals surface area (Å²) in [5.41, 5.74) is 6.72. The number of benzene rings is 1. The number of carbonyl (C=O) groups excluding carboxylic acids is 4. The van der Waals surface area contributed by atoms with Crippen LogP contribution in [0.5, 0.6) is 0 Å². The molecular formula is C38H63BN4O10. The van der Waals surface area contributed by atoms with Gasteiger partial charge in [-0.05, 0) is 49.8 Å². The van der Waals surface area contributed by atoms with Gasteiger partial charge >= 0.3 is 12.1 Å². The minimum Gasteiger partial charge on any atom is -0.480 e. The highest BCUT2D eigenvalue weighted by atomic mass is 16.6. The molecule has 0 aliphatic carbocycles. The third-order valence-corrected chi connectivity index (χ3v) is 8.29. The Morgan fingerprint density at radius 3 is 1.85 bits per heavy atom. The highest BCUT2D eigenvalue weighted by Crippen LogP contribution is 2.20. The molecule has 0 saturated carbocycles. The van der Waals surface area contributed by atoms with E-state index in [1.165, 1.54) is 13.9 Å². The average molecular weight is 747 g/mol. The molecule has 3 saturated heterocycles. The Balaban J connectivity index is 0.000000696. The zero-order chi connectivity index (χ0) is 39.9. The first-order chi connectivity index (χ1) is 25.5. The first-order valence-electron chi connectivity index (χ1n) is 18.0. The standard InChI is InChI=1S/C12H16N2O2.C11H19NO3.C11H19NO2.C3H6O3.CH3B/c13-11-6-7-14(8-11)12(15)16-9-10-4-2-1-3-5-10;1-15-9-11(14)7-10-3-5-12(8-10)4-2-6-13;1-3-5-12-6-4-10(8-12)7-11(13)9-14-2;1-6-2-3(4)5;1-2/h1-5,11H,6-9,13H2;6,10H,2-5,7-9H2,1H3;3,10H,1,4-9H2,2H3;2H2,1H3,(H,4,5);1H3. The number of Topliss-reactive ketones (excluding diaryl/α,β-unsaturated/α-hetero) is 2. The van der Waals surface area contributed by atoms with Crippen LogP contribution in [0.1, 0.15) is 44.1 Å². The van der Waals surface area contributed by atoms with Crippen molar-refractivity contribution in [2.24, 2.45) is 17.6 Å². The zero-order valence-corrected chi connectivity index (χ0v) is 32.3. The van der Waals surface area contributed by atoms with Gasteiger partial charge in [0.05, 0.1) is 7.85 Å². The molecule has 53 heavy (non-hydrogen) atoms. The number of rotatable bonds is 17. The van der Waals surface area contributed by atoms with Crippen molar-refractivity contribution in [3.05, 3.63) is 48.6 Å².